The molecule has 0 saturated carbocycles. The Morgan fingerprint density at radius 3 is 1.22 bits per heavy atom. The summed E-state index contributed by atoms with van der Waals surface area (Å²) >= 11 is 5.41. The van der Waals surface area contributed by atoms with Crippen molar-refractivity contribution in [1.82, 2.24) is 4.90 Å². The molecule has 0 aromatic heterocycles. The third kappa shape index (κ3) is 14.7. The summed E-state index contributed by atoms with van der Waals surface area (Å²) in [4.78, 5) is 100. The number of esters is 6. The highest BCUT2D eigenvalue weighted by Gasteiger charge is 2.38. The van der Waals surface area contributed by atoms with Crippen LogP contribution in [-0.2, 0) is 57.2 Å². The number of nitrogens with zero attached hydrogens (tertiary/aromatic N) is 1. The number of amides is 2. The molecule has 0 bridgehead atoms. The van der Waals surface area contributed by atoms with Crippen molar-refractivity contribution >= 4 is 121 Å². The Morgan fingerprint density at radius 2 is 0.900 bits per heavy atom. The minimum atomic E-state index is -1.41. The molecule has 0 spiro atoms. The van der Waals surface area contributed by atoms with Gasteiger partial charge in [-0.15, -0.1) is 0 Å². The van der Waals surface area contributed by atoms with Gasteiger partial charge in [0.05, 0.1) is 50.3 Å². The molecule has 0 aliphatic heterocycles. The summed E-state index contributed by atoms with van der Waals surface area (Å²) in [5, 5.41) is 0. The molecule has 0 saturated heterocycles. The first kappa shape index (κ1) is 45.0. The molecule has 4 unspecified atom stereocenters. The van der Waals surface area contributed by atoms with Crippen molar-refractivity contribution in [3.8, 4) is 0 Å². The smallest absolute Gasteiger partial charge is 0.303 e. The van der Waals surface area contributed by atoms with Crippen LogP contribution < -0.4 is 11.5 Å². The van der Waals surface area contributed by atoms with Crippen LogP contribution in [0.5, 0.6) is 0 Å². The first-order valence-electron chi connectivity index (χ1n) is 14.7. The number of carbonyl (C=O) groups is 8. The number of rotatable bonds is 18. The molecule has 0 aliphatic carbocycles. The molecule has 17 nitrogen and oxygen atoms in total. The molecule has 0 heterocycles. The molecule has 0 radical (unpaired) electrons. The zero-order valence-corrected chi connectivity index (χ0v) is 34.5. The third-order valence-corrected chi connectivity index (χ3v) is 9.73. The molecule has 4 atom stereocenters. The van der Waals surface area contributed by atoms with E-state index >= 15 is 0 Å². The topological polar surface area (TPSA) is 247 Å². The predicted octanol–water partition coefficient (Wildman–Crippen LogP) is 2.26. The second kappa shape index (κ2) is 21.4. The lowest BCUT2D eigenvalue weighted by Gasteiger charge is -2.35. The van der Waals surface area contributed by atoms with Crippen LogP contribution in [0.15, 0.2) is 0 Å². The van der Waals surface area contributed by atoms with E-state index in [0.29, 0.717) is 3.57 Å². The molecule has 1 aromatic carbocycles. The number of ether oxygens (including phenoxy) is 6. The van der Waals surface area contributed by atoms with E-state index in [0.717, 1.165) is 46.4 Å². The minimum Gasteiger partial charge on any atom is -0.466 e. The first-order chi connectivity index (χ1) is 23.2. The highest BCUT2D eigenvalue weighted by atomic mass is 127. The number of nitrogens with two attached hydrogens (primary N) is 2. The van der Waals surface area contributed by atoms with Gasteiger partial charge in [0.1, 0.15) is 12.2 Å². The van der Waals surface area contributed by atoms with E-state index in [2.05, 4.69) is 0 Å². The zero-order chi connectivity index (χ0) is 38.5. The van der Waals surface area contributed by atoms with Crippen LogP contribution in [0.4, 0.5) is 5.69 Å². The number of benzene rings is 1. The van der Waals surface area contributed by atoms with Crippen molar-refractivity contribution in [2.75, 3.05) is 32.0 Å². The molecule has 20 heteroatoms. The van der Waals surface area contributed by atoms with Crippen LogP contribution in [-0.4, -0.2) is 103 Å². The van der Waals surface area contributed by atoms with Crippen LogP contribution in [0.25, 0.3) is 0 Å². The van der Waals surface area contributed by atoms with Crippen molar-refractivity contribution in [2.24, 2.45) is 5.73 Å². The Morgan fingerprint density at radius 1 is 0.560 bits per heavy atom. The summed E-state index contributed by atoms with van der Waals surface area (Å²) in [7, 11) is 0. The van der Waals surface area contributed by atoms with Crippen molar-refractivity contribution in [2.45, 2.75) is 78.8 Å². The van der Waals surface area contributed by atoms with Gasteiger partial charge in [0, 0.05) is 58.0 Å². The van der Waals surface area contributed by atoms with Crippen LogP contribution >= 0.6 is 67.8 Å². The average Bonchev–Trinajstić information content (AvgIpc) is 2.96. The van der Waals surface area contributed by atoms with E-state index < -0.39 is 85.1 Å². The van der Waals surface area contributed by atoms with Crippen molar-refractivity contribution < 1.29 is 66.8 Å². The van der Waals surface area contributed by atoms with Crippen LogP contribution in [0.3, 0.4) is 0 Å². The Kier molecular flexibility index (Phi) is 19.2. The van der Waals surface area contributed by atoms with Gasteiger partial charge in [-0.3, -0.25) is 38.4 Å². The SMILES string of the molecule is CC(=O)OCCC(OC(C)=O)C(CN(CC(OC(C)=O)C(CCOC(C)=O)OC(C)=O)C(=O)c1c(I)c(N)c(I)c(C(N)=O)c1I)OC(C)=O. The highest BCUT2D eigenvalue weighted by Crippen LogP contribution is 2.35. The lowest BCUT2D eigenvalue weighted by atomic mass is 10.0. The third-order valence-electron chi connectivity index (χ3n) is 6.41. The fourth-order valence-electron chi connectivity index (χ4n) is 4.51. The monoisotopic (exact) mass is 1040 g/mol. The number of primary amides is 1. The van der Waals surface area contributed by atoms with Gasteiger partial charge >= 0.3 is 35.8 Å². The molecule has 2 amide bonds. The van der Waals surface area contributed by atoms with Gasteiger partial charge in [0.2, 0.25) is 0 Å². The fourth-order valence-corrected chi connectivity index (χ4v) is 8.67. The van der Waals surface area contributed by atoms with E-state index in [9.17, 15) is 38.4 Å². The molecular formula is C30H38I3N3O14. The van der Waals surface area contributed by atoms with Gasteiger partial charge in [0.15, 0.2) is 12.2 Å². The molecule has 278 valence electrons. The van der Waals surface area contributed by atoms with E-state index in [-0.39, 0.29) is 50.0 Å². The van der Waals surface area contributed by atoms with Gasteiger partial charge < -0.3 is 44.8 Å². The largest absolute Gasteiger partial charge is 0.466 e. The summed E-state index contributed by atoms with van der Waals surface area (Å²) in [6.07, 6.45) is -5.69. The number of nitrogen functional groups attached to an aromatic ring is 1. The quantitative estimate of drug-likeness (QED) is 0.0927. The van der Waals surface area contributed by atoms with Gasteiger partial charge in [-0.2, -0.15) is 0 Å². The van der Waals surface area contributed by atoms with Gasteiger partial charge in [-0.05, 0) is 67.8 Å². The Balaban J connectivity index is 4.00. The summed E-state index contributed by atoms with van der Waals surface area (Å²) in [5.41, 5.74) is 11.9. The van der Waals surface area contributed by atoms with Crippen LogP contribution in [0, 0.1) is 10.7 Å². The van der Waals surface area contributed by atoms with Crippen LogP contribution in [0.2, 0.25) is 0 Å². The number of carbonyl (C=O) groups excluding carboxylic acids is 8. The van der Waals surface area contributed by atoms with E-state index in [1.807, 2.05) is 45.2 Å². The van der Waals surface area contributed by atoms with E-state index in [1.54, 1.807) is 22.6 Å². The van der Waals surface area contributed by atoms with Gasteiger partial charge in [-0.1, -0.05) is 0 Å². The lowest BCUT2D eigenvalue weighted by Crippen LogP contribution is -2.51. The van der Waals surface area contributed by atoms with E-state index in [4.69, 9.17) is 39.9 Å². The highest BCUT2D eigenvalue weighted by molar-refractivity contribution is 14.1. The second-order valence-corrected chi connectivity index (χ2v) is 13.8. The number of anilines is 1. The Hall–Kier alpha value is -3.03. The summed E-state index contributed by atoms with van der Waals surface area (Å²) < 4.78 is 32.5. The van der Waals surface area contributed by atoms with Gasteiger partial charge in [-0.25, -0.2) is 0 Å². The summed E-state index contributed by atoms with van der Waals surface area (Å²) in [6.45, 7) is 5.07. The average molecular weight is 1050 g/mol. The number of hydrogen-bond acceptors (Lipinski definition) is 15. The van der Waals surface area contributed by atoms with E-state index in [1.165, 1.54) is 0 Å². The Labute approximate surface area is 328 Å². The number of halogens is 3. The number of hydrogen-bond donors (Lipinski definition) is 2. The van der Waals surface area contributed by atoms with Crippen molar-refractivity contribution in [1.29, 1.82) is 0 Å². The first-order valence-corrected chi connectivity index (χ1v) is 17.9. The van der Waals surface area contributed by atoms with Gasteiger partial charge in [0.25, 0.3) is 11.8 Å². The maximum atomic E-state index is 14.6. The molecule has 0 aliphatic rings. The zero-order valence-electron chi connectivity index (χ0n) is 28.0. The molecular weight excluding hydrogens is 1010 g/mol. The second-order valence-electron chi connectivity index (χ2n) is 10.5. The van der Waals surface area contributed by atoms with Crippen LogP contribution in [0.1, 0.15) is 75.1 Å². The van der Waals surface area contributed by atoms with Crippen molar-refractivity contribution in [3.05, 3.63) is 21.8 Å². The molecule has 0 fully saturated rings. The van der Waals surface area contributed by atoms with Crippen molar-refractivity contribution in [3.63, 3.8) is 0 Å². The summed E-state index contributed by atoms with van der Waals surface area (Å²) in [6, 6.07) is 0. The lowest BCUT2D eigenvalue weighted by molar-refractivity contribution is -0.172. The molecule has 4 N–H and O–H groups in total. The minimum absolute atomic E-state index is 0.0427. The Bertz CT molecular complexity index is 1430. The molecule has 1 rings (SSSR count). The normalized spacial score (nSPS) is 13.1. The molecule has 1 aromatic rings. The maximum Gasteiger partial charge on any atom is 0.303 e. The fraction of sp³-hybridized carbons (Fsp3) is 0.533. The predicted molar refractivity (Wildman–Crippen MR) is 198 cm³/mol. The molecule has 50 heavy (non-hydrogen) atoms. The standard InChI is InChI=1S/C30H38I3N3O14/c1-13(37)45-9-7-19(47-15(3)39)21(49-17(5)41)11-36(30(44)24-25(31)23(29(35)43)26(32)28(34)27(24)33)12-22(50-18(6)42)20(48-16(4)40)8-10-46-14(2)38/h19-22H,7-12,34H2,1-6H3,(H2,35,43). The summed E-state index contributed by atoms with van der Waals surface area (Å²) in [5.74, 6) is -6.21. The maximum absolute atomic E-state index is 14.6.